The van der Waals surface area contributed by atoms with Gasteiger partial charge < -0.3 is 5.11 Å². The van der Waals surface area contributed by atoms with E-state index in [9.17, 15) is 5.11 Å². The first kappa shape index (κ1) is 13.6. The molecule has 1 nitrogen and oxygen atoms in total. The molecule has 1 aromatic rings. The second-order valence-corrected chi connectivity index (χ2v) is 5.84. The molecular formula is C17H26O. The van der Waals surface area contributed by atoms with Gasteiger partial charge in [-0.2, -0.15) is 0 Å². The Bertz CT molecular complexity index is 353. The Morgan fingerprint density at radius 3 is 2.50 bits per heavy atom. The standard InChI is InChI=1S/C17H26O/c1-3-5-11-17(4-2,13-18)16-12-15(16)14-9-7-6-8-10-14/h6-10,15-16,18H,3-5,11-13H2,1-2H3. The maximum atomic E-state index is 9.88. The van der Waals surface area contributed by atoms with E-state index in [2.05, 4.69) is 44.2 Å². The highest BCUT2D eigenvalue weighted by Crippen LogP contribution is 2.59. The van der Waals surface area contributed by atoms with Crippen molar-refractivity contribution in [2.75, 3.05) is 6.61 Å². The van der Waals surface area contributed by atoms with Crippen molar-refractivity contribution >= 4 is 0 Å². The molecule has 0 spiro atoms. The summed E-state index contributed by atoms with van der Waals surface area (Å²) >= 11 is 0. The summed E-state index contributed by atoms with van der Waals surface area (Å²) in [6.07, 6.45) is 6.03. The Balaban J connectivity index is 2.06. The van der Waals surface area contributed by atoms with E-state index in [0.29, 0.717) is 18.4 Å². The maximum absolute atomic E-state index is 9.88. The predicted molar refractivity (Wildman–Crippen MR) is 76.6 cm³/mol. The summed E-state index contributed by atoms with van der Waals surface area (Å²) in [6.45, 7) is 4.84. The lowest BCUT2D eigenvalue weighted by Crippen LogP contribution is -2.28. The Morgan fingerprint density at radius 1 is 1.22 bits per heavy atom. The van der Waals surface area contributed by atoms with Crippen molar-refractivity contribution in [3.8, 4) is 0 Å². The molecular weight excluding hydrogens is 220 g/mol. The second kappa shape index (κ2) is 5.88. The van der Waals surface area contributed by atoms with Crippen molar-refractivity contribution in [2.45, 2.75) is 51.9 Å². The van der Waals surface area contributed by atoms with Crippen LogP contribution in [0.15, 0.2) is 30.3 Å². The largest absolute Gasteiger partial charge is 0.396 e. The lowest BCUT2D eigenvalue weighted by atomic mass is 9.75. The monoisotopic (exact) mass is 246 g/mol. The highest BCUT2D eigenvalue weighted by Gasteiger charge is 2.51. The number of benzene rings is 1. The van der Waals surface area contributed by atoms with E-state index in [1.54, 1.807) is 0 Å². The summed E-state index contributed by atoms with van der Waals surface area (Å²) in [5.41, 5.74) is 1.64. The van der Waals surface area contributed by atoms with Crippen LogP contribution < -0.4 is 0 Å². The smallest absolute Gasteiger partial charge is 0.0490 e. The lowest BCUT2D eigenvalue weighted by Gasteiger charge is -2.31. The van der Waals surface area contributed by atoms with Gasteiger partial charge in [0.25, 0.3) is 0 Å². The molecule has 1 N–H and O–H groups in total. The number of unbranched alkanes of at least 4 members (excludes halogenated alkanes) is 1. The van der Waals surface area contributed by atoms with E-state index in [1.165, 1.54) is 31.2 Å². The fourth-order valence-corrected chi connectivity index (χ4v) is 3.40. The van der Waals surface area contributed by atoms with Gasteiger partial charge in [-0.1, -0.05) is 57.0 Å². The maximum Gasteiger partial charge on any atom is 0.0490 e. The third-order valence-electron chi connectivity index (χ3n) is 4.85. The van der Waals surface area contributed by atoms with Crippen molar-refractivity contribution in [1.82, 2.24) is 0 Å². The number of aliphatic hydroxyl groups is 1. The summed E-state index contributed by atoms with van der Waals surface area (Å²) in [5, 5.41) is 9.88. The van der Waals surface area contributed by atoms with Gasteiger partial charge in [0.05, 0.1) is 0 Å². The third-order valence-corrected chi connectivity index (χ3v) is 4.85. The fourth-order valence-electron chi connectivity index (χ4n) is 3.40. The van der Waals surface area contributed by atoms with Crippen LogP contribution in [0.2, 0.25) is 0 Å². The van der Waals surface area contributed by atoms with Gasteiger partial charge in [-0.15, -0.1) is 0 Å². The molecule has 1 saturated carbocycles. The molecule has 1 heteroatoms. The summed E-state index contributed by atoms with van der Waals surface area (Å²) < 4.78 is 0. The van der Waals surface area contributed by atoms with Crippen LogP contribution in [0.1, 0.15) is 57.4 Å². The van der Waals surface area contributed by atoms with E-state index in [-0.39, 0.29) is 5.41 Å². The number of rotatable bonds is 7. The minimum atomic E-state index is 0.177. The summed E-state index contributed by atoms with van der Waals surface area (Å²) in [6, 6.07) is 10.8. The zero-order valence-electron chi connectivity index (χ0n) is 11.7. The molecule has 100 valence electrons. The Morgan fingerprint density at radius 2 is 1.94 bits per heavy atom. The minimum Gasteiger partial charge on any atom is -0.396 e. The summed E-state index contributed by atoms with van der Waals surface area (Å²) in [5.74, 6) is 1.39. The van der Waals surface area contributed by atoms with E-state index in [0.717, 1.165) is 6.42 Å². The zero-order chi connectivity index (χ0) is 13.0. The third kappa shape index (κ3) is 2.61. The molecule has 3 unspecified atom stereocenters. The van der Waals surface area contributed by atoms with Crippen molar-refractivity contribution in [3.63, 3.8) is 0 Å². The SMILES string of the molecule is CCCCC(CC)(CO)C1CC1c1ccccc1. The van der Waals surface area contributed by atoms with E-state index >= 15 is 0 Å². The van der Waals surface area contributed by atoms with Crippen molar-refractivity contribution in [1.29, 1.82) is 0 Å². The van der Waals surface area contributed by atoms with Crippen LogP contribution in [0.25, 0.3) is 0 Å². The average Bonchev–Trinajstić information content (AvgIpc) is 3.23. The number of hydrogen-bond acceptors (Lipinski definition) is 1. The van der Waals surface area contributed by atoms with Gasteiger partial charge in [-0.25, -0.2) is 0 Å². The molecule has 1 fully saturated rings. The average molecular weight is 246 g/mol. The molecule has 0 aromatic heterocycles. The van der Waals surface area contributed by atoms with Gasteiger partial charge in [-0.3, -0.25) is 0 Å². The van der Waals surface area contributed by atoms with E-state index in [4.69, 9.17) is 0 Å². The molecule has 3 atom stereocenters. The summed E-state index contributed by atoms with van der Waals surface area (Å²) in [7, 11) is 0. The van der Waals surface area contributed by atoms with Crippen LogP contribution >= 0.6 is 0 Å². The predicted octanol–water partition coefficient (Wildman–Crippen LogP) is 4.37. The number of hydrogen-bond donors (Lipinski definition) is 1. The Hall–Kier alpha value is -0.820. The first-order valence-corrected chi connectivity index (χ1v) is 7.43. The molecule has 0 radical (unpaired) electrons. The molecule has 1 aromatic carbocycles. The van der Waals surface area contributed by atoms with E-state index in [1.807, 2.05) is 0 Å². The van der Waals surface area contributed by atoms with Crippen molar-refractivity contribution in [3.05, 3.63) is 35.9 Å². The lowest BCUT2D eigenvalue weighted by molar-refractivity contribution is 0.0821. The van der Waals surface area contributed by atoms with Gasteiger partial charge in [0.2, 0.25) is 0 Å². The van der Waals surface area contributed by atoms with Gasteiger partial charge in [0, 0.05) is 6.61 Å². The van der Waals surface area contributed by atoms with Gasteiger partial charge >= 0.3 is 0 Å². The molecule has 0 amide bonds. The minimum absolute atomic E-state index is 0.177. The molecule has 18 heavy (non-hydrogen) atoms. The van der Waals surface area contributed by atoms with Crippen LogP contribution in [-0.4, -0.2) is 11.7 Å². The highest BCUT2D eigenvalue weighted by molar-refractivity contribution is 5.27. The fraction of sp³-hybridized carbons (Fsp3) is 0.647. The van der Waals surface area contributed by atoms with Crippen molar-refractivity contribution < 1.29 is 5.11 Å². The van der Waals surface area contributed by atoms with E-state index < -0.39 is 0 Å². The van der Waals surface area contributed by atoms with Crippen molar-refractivity contribution in [2.24, 2.45) is 11.3 Å². The van der Waals surface area contributed by atoms with Crippen LogP contribution in [0.4, 0.5) is 0 Å². The zero-order valence-corrected chi connectivity index (χ0v) is 11.7. The normalized spacial score (nSPS) is 25.7. The Kier molecular flexibility index (Phi) is 4.45. The topological polar surface area (TPSA) is 20.2 Å². The molecule has 0 bridgehead atoms. The second-order valence-electron chi connectivity index (χ2n) is 5.84. The highest BCUT2D eigenvalue weighted by atomic mass is 16.3. The van der Waals surface area contributed by atoms with Crippen LogP contribution in [0, 0.1) is 11.3 Å². The molecule has 0 aliphatic heterocycles. The molecule has 2 rings (SSSR count). The molecule has 0 heterocycles. The molecule has 1 aliphatic carbocycles. The first-order chi connectivity index (χ1) is 8.77. The Labute approximate surface area is 111 Å². The van der Waals surface area contributed by atoms with Crippen LogP contribution in [0.5, 0.6) is 0 Å². The van der Waals surface area contributed by atoms with Gasteiger partial charge in [0.1, 0.15) is 0 Å². The quantitative estimate of drug-likeness (QED) is 0.757. The van der Waals surface area contributed by atoms with Crippen LogP contribution in [-0.2, 0) is 0 Å². The number of aliphatic hydroxyl groups excluding tert-OH is 1. The molecule has 1 aliphatic rings. The van der Waals surface area contributed by atoms with Gasteiger partial charge in [-0.05, 0) is 42.1 Å². The van der Waals surface area contributed by atoms with Crippen LogP contribution in [0.3, 0.4) is 0 Å². The molecule has 0 saturated heterocycles. The van der Waals surface area contributed by atoms with Gasteiger partial charge in [0.15, 0.2) is 0 Å². The summed E-state index contributed by atoms with van der Waals surface area (Å²) in [4.78, 5) is 0. The first-order valence-electron chi connectivity index (χ1n) is 7.43.